The molecule has 0 saturated carbocycles. The summed E-state index contributed by atoms with van der Waals surface area (Å²) >= 11 is 6.43. The summed E-state index contributed by atoms with van der Waals surface area (Å²) in [7, 11) is -3.22. The number of alkyl halides is 1. The molecule has 0 aliphatic heterocycles. The third kappa shape index (κ3) is 3.32. The molecule has 0 spiro atoms. The Hall–Kier alpha value is -0.540. The molecule has 0 bridgehead atoms. The number of benzene rings is 1. The number of hydrogen-bond acceptors (Lipinski definition) is 2. The molecule has 2 nitrogen and oxygen atoms in total. The van der Waals surface area contributed by atoms with E-state index in [1.165, 1.54) is 17.4 Å². The summed E-state index contributed by atoms with van der Waals surface area (Å²) in [5.41, 5.74) is 3.42. The topological polar surface area (TPSA) is 34.1 Å². The van der Waals surface area contributed by atoms with Crippen molar-refractivity contribution in [3.8, 4) is 0 Å². The zero-order valence-electron chi connectivity index (χ0n) is 12.3. The Kier molecular flexibility index (Phi) is 5.08. The van der Waals surface area contributed by atoms with Gasteiger partial charge in [0.25, 0.3) is 0 Å². The zero-order valence-corrected chi connectivity index (χ0v) is 13.9. The normalized spacial score (nSPS) is 14.4. The van der Waals surface area contributed by atoms with E-state index in [2.05, 4.69) is 19.9 Å². The molecule has 0 fully saturated rings. The average molecular weight is 303 g/mol. The van der Waals surface area contributed by atoms with E-state index >= 15 is 0 Å². The summed E-state index contributed by atoms with van der Waals surface area (Å²) < 4.78 is 22.7. The SMILES string of the molecule is CCc1ccc(C(Cl)C(C)(C)S(C)(=O)=O)cc1CC. The summed E-state index contributed by atoms with van der Waals surface area (Å²) in [5.74, 6) is 0. The standard InChI is InChI=1S/C15H23ClO2S/c1-6-11-8-9-13(10-12(11)7-2)14(16)15(3,4)19(5,17)18/h8-10,14H,6-7H2,1-5H3. The van der Waals surface area contributed by atoms with Crippen LogP contribution in [-0.2, 0) is 22.7 Å². The van der Waals surface area contributed by atoms with Gasteiger partial charge in [0.1, 0.15) is 0 Å². The Morgan fingerprint density at radius 2 is 1.68 bits per heavy atom. The minimum Gasteiger partial charge on any atom is -0.229 e. The van der Waals surface area contributed by atoms with Crippen molar-refractivity contribution in [2.45, 2.75) is 50.7 Å². The largest absolute Gasteiger partial charge is 0.229 e. The fourth-order valence-electron chi connectivity index (χ4n) is 2.07. The zero-order chi connectivity index (χ0) is 14.8. The van der Waals surface area contributed by atoms with E-state index in [1.807, 2.05) is 12.1 Å². The number of halogens is 1. The van der Waals surface area contributed by atoms with E-state index in [-0.39, 0.29) is 0 Å². The van der Waals surface area contributed by atoms with E-state index < -0.39 is 20.0 Å². The molecule has 0 radical (unpaired) electrons. The van der Waals surface area contributed by atoms with E-state index in [0.29, 0.717) is 0 Å². The van der Waals surface area contributed by atoms with Gasteiger partial charge >= 0.3 is 0 Å². The van der Waals surface area contributed by atoms with E-state index in [9.17, 15) is 8.42 Å². The molecule has 1 aromatic carbocycles. The predicted octanol–water partition coefficient (Wildman–Crippen LogP) is 3.91. The van der Waals surface area contributed by atoms with Gasteiger partial charge in [0.05, 0.1) is 10.1 Å². The first kappa shape index (κ1) is 16.5. The second-order valence-electron chi connectivity index (χ2n) is 5.47. The molecule has 0 N–H and O–H groups in total. The van der Waals surface area contributed by atoms with Gasteiger partial charge < -0.3 is 0 Å². The summed E-state index contributed by atoms with van der Waals surface area (Å²) in [6.07, 6.45) is 3.15. The van der Waals surface area contributed by atoms with Crippen molar-refractivity contribution in [1.82, 2.24) is 0 Å². The molecule has 0 aromatic heterocycles. The summed E-state index contributed by atoms with van der Waals surface area (Å²) in [6.45, 7) is 7.58. The number of rotatable bonds is 5. The molecule has 1 unspecified atom stereocenters. The minimum atomic E-state index is -3.22. The third-order valence-electron chi connectivity index (χ3n) is 3.85. The second-order valence-corrected chi connectivity index (χ2v) is 8.51. The molecule has 19 heavy (non-hydrogen) atoms. The summed E-state index contributed by atoms with van der Waals surface area (Å²) in [4.78, 5) is 0. The number of sulfone groups is 1. The molecule has 1 rings (SSSR count). The smallest absolute Gasteiger partial charge is 0.154 e. The molecule has 0 amide bonds. The Morgan fingerprint density at radius 1 is 1.16 bits per heavy atom. The van der Waals surface area contributed by atoms with Gasteiger partial charge in [0.15, 0.2) is 9.84 Å². The first-order valence-corrected chi connectivity index (χ1v) is 8.93. The number of hydrogen-bond donors (Lipinski definition) is 0. The molecular formula is C15H23ClO2S. The van der Waals surface area contributed by atoms with Crippen LogP contribution < -0.4 is 0 Å². The maximum absolute atomic E-state index is 11.9. The van der Waals surface area contributed by atoms with E-state index in [0.717, 1.165) is 18.4 Å². The monoisotopic (exact) mass is 302 g/mol. The van der Waals surface area contributed by atoms with Crippen LogP contribution in [0.4, 0.5) is 0 Å². The first-order chi connectivity index (χ1) is 8.65. The van der Waals surface area contributed by atoms with Crippen LogP contribution in [0.2, 0.25) is 0 Å². The van der Waals surface area contributed by atoms with Crippen molar-refractivity contribution in [1.29, 1.82) is 0 Å². The highest BCUT2D eigenvalue weighted by atomic mass is 35.5. The summed E-state index contributed by atoms with van der Waals surface area (Å²) in [5, 5.41) is -0.543. The maximum Gasteiger partial charge on any atom is 0.154 e. The van der Waals surface area contributed by atoms with Crippen molar-refractivity contribution in [3.63, 3.8) is 0 Å². The van der Waals surface area contributed by atoms with Gasteiger partial charge in [0.2, 0.25) is 0 Å². The van der Waals surface area contributed by atoms with Gasteiger partial charge in [-0.2, -0.15) is 0 Å². The second kappa shape index (κ2) is 5.84. The lowest BCUT2D eigenvalue weighted by Gasteiger charge is -2.29. The van der Waals surface area contributed by atoms with Gasteiger partial charge in [-0.1, -0.05) is 32.0 Å². The fourth-order valence-corrected chi connectivity index (χ4v) is 3.20. The van der Waals surface area contributed by atoms with Gasteiger partial charge in [-0.05, 0) is 43.4 Å². The Morgan fingerprint density at radius 3 is 2.11 bits per heavy atom. The fraction of sp³-hybridized carbons (Fsp3) is 0.600. The van der Waals surface area contributed by atoms with Gasteiger partial charge in [0, 0.05) is 6.26 Å². The van der Waals surface area contributed by atoms with Gasteiger partial charge in [-0.15, -0.1) is 11.6 Å². The van der Waals surface area contributed by atoms with Crippen LogP contribution in [0.25, 0.3) is 0 Å². The highest BCUT2D eigenvalue weighted by Gasteiger charge is 2.38. The highest BCUT2D eigenvalue weighted by molar-refractivity contribution is 7.92. The van der Waals surface area contributed by atoms with Crippen LogP contribution in [0, 0.1) is 0 Å². The average Bonchev–Trinajstić information content (AvgIpc) is 2.35. The summed E-state index contributed by atoms with van der Waals surface area (Å²) in [6, 6.07) is 6.05. The van der Waals surface area contributed by atoms with Crippen LogP contribution in [0.15, 0.2) is 18.2 Å². The molecule has 0 aliphatic rings. The maximum atomic E-state index is 11.9. The van der Waals surface area contributed by atoms with Gasteiger partial charge in [-0.25, -0.2) is 8.42 Å². The molecule has 0 heterocycles. The Balaban J connectivity index is 3.24. The molecule has 1 aromatic rings. The third-order valence-corrected chi connectivity index (χ3v) is 6.92. The molecule has 4 heteroatoms. The van der Waals surface area contributed by atoms with Crippen molar-refractivity contribution in [3.05, 3.63) is 34.9 Å². The highest BCUT2D eigenvalue weighted by Crippen LogP contribution is 2.38. The van der Waals surface area contributed by atoms with Gasteiger partial charge in [-0.3, -0.25) is 0 Å². The van der Waals surface area contributed by atoms with Crippen molar-refractivity contribution < 1.29 is 8.42 Å². The molecular weight excluding hydrogens is 280 g/mol. The quantitative estimate of drug-likeness (QED) is 0.773. The molecule has 108 valence electrons. The van der Waals surface area contributed by atoms with Crippen molar-refractivity contribution in [2.24, 2.45) is 0 Å². The van der Waals surface area contributed by atoms with E-state index in [1.54, 1.807) is 13.8 Å². The van der Waals surface area contributed by atoms with Crippen LogP contribution in [0.1, 0.15) is 49.8 Å². The molecule has 0 aliphatic carbocycles. The minimum absolute atomic E-state index is 0.543. The Bertz CT molecular complexity index is 547. The van der Waals surface area contributed by atoms with Crippen LogP contribution in [0.3, 0.4) is 0 Å². The Labute approximate surface area is 122 Å². The lowest BCUT2D eigenvalue weighted by Crippen LogP contribution is -2.35. The van der Waals surface area contributed by atoms with Crippen molar-refractivity contribution in [2.75, 3.05) is 6.26 Å². The lowest BCUT2D eigenvalue weighted by atomic mass is 9.95. The van der Waals surface area contributed by atoms with E-state index in [4.69, 9.17) is 11.6 Å². The van der Waals surface area contributed by atoms with Crippen molar-refractivity contribution >= 4 is 21.4 Å². The predicted molar refractivity (Wildman–Crippen MR) is 82.7 cm³/mol. The van der Waals surface area contributed by atoms with Crippen LogP contribution in [-0.4, -0.2) is 19.4 Å². The van der Waals surface area contributed by atoms with Crippen LogP contribution >= 0.6 is 11.6 Å². The van der Waals surface area contributed by atoms with Crippen LogP contribution in [0.5, 0.6) is 0 Å². The first-order valence-electron chi connectivity index (χ1n) is 6.60. The number of aryl methyl sites for hydroxylation is 2. The lowest BCUT2D eigenvalue weighted by molar-refractivity contribution is 0.543. The molecule has 1 atom stereocenters. The molecule has 0 saturated heterocycles.